The smallest absolute Gasteiger partial charge is 0.295 e. The van der Waals surface area contributed by atoms with Crippen LogP contribution < -0.4 is 20.6 Å². The van der Waals surface area contributed by atoms with Crippen LogP contribution in [0.25, 0.3) is 10.5 Å². The predicted octanol–water partition coefficient (Wildman–Crippen LogP) is -0.286. The van der Waals surface area contributed by atoms with Crippen molar-refractivity contribution in [2.45, 2.75) is 6.92 Å². The van der Waals surface area contributed by atoms with E-state index in [0.717, 1.165) is 21.5 Å². The van der Waals surface area contributed by atoms with E-state index in [4.69, 9.17) is 0 Å². The zero-order chi connectivity index (χ0) is 16.3. The van der Waals surface area contributed by atoms with E-state index >= 15 is 0 Å². The standard InChI is InChI=1S/C15H10N4O3S/c1-7-12(20)16-15-19(17-7)14(22)11(23-15)10-8-5-3-4-6-9(8)18(2)13(10)21/h3-6H,1-2H3. The lowest BCUT2D eigenvalue weighted by Crippen LogP contribution is -2.31. The number of para-hydroxylation sites is 1. The number of hydrogen-bond donors (Lipinski definition) is 0. The summed E-state index contributed by atoms with van der Waals surface area (Å²) in [5.74, 6) is -0.255. The molecule has 3 aromatic rings. The highest BCUT2D eigenvalue weighted by Gasteiger charge is 2.31. The van der Waals surface area contributed by atoms with Gasteiger partial charge in [-0.25, -0.2) is 0 Å². The fourth-order valence-electron chi connectivity index (χ4n) is 2.63. The number of anilines is 1. The third-order valence-corrected chi connectivity index (χ3v) is 4.83. The Labute approximate surface area is 133 Å². The van der Waals surface area contributed by atoms with Crippen LogP contribution in [-0.2, 0) is 4.79 Å². The first-order valence-corrected chi connectivity index (χ1v) is 7.63. The van der Waals surface area contributed by atoms with Gasteiger partial charge in [0.25, 0.3) is 17.0 Å². The van der Waals surface area contributed by atoms with Gasteiger partial charge in [0.2, 0.25) is 4.96 Å². The monoisotopic (exact) mass is 326 g/mol. The summed E-state index contributed by atoms with van der Waals surface area (Å²) in [6.07, 6.45) is 0. The molecule has 23 heavy (non-hydrogen) atoms. The summed E-state index contributed by atoms with van der Waals surface area (Å²) in [5, 5.41) is 3.97. The van der Waals surface area contributed by atoms with E-state index in [0.29, 0.717) is 11.1 Å². The molecule has 0 saturated heterocycles. The number of likely N-dealkylation sites (N-methyl/N-ethyl adjacent to an activating group) is 1. The predicted molar refractivity (Wildman–Crippen MR) is 85.7 cm³/mol. The number of thiazole rings is 1. The molecule has 3 heterocycles. The molecule has 0 bridgehead atoms. The largest absolute Gasteiger partial charge is 0.311 e. The number of fused-ring (bicyclic) bond motifs is 2. The summed E-state index contributed by atoms with van der Waals surface area (Å²) in [7, 11) is 1.66. The van der Waals surface area contributed by atoms with Gasteiger partial charge in [-0.05, 0) is 13.0 Å². The van der Waals surface area contributed by atoms with Crippen molar-refractivity contribution in [3.05, 3.63) is 60.8 Å². The number of carbonyl (C=O) groups excluding carboxylic acids is 1. The van der Waals surface area contributed by atoms with Crippen molar-refractivity contribution in [2.75, 3.05) is 11.9 Å². The van der Waals surface area contributed by atoms with Crippen LogP contribution in [0, 0.1) is 6.92 Å². The fraction of sp³-hybridized carbons (Fsp3) is 0.133. The SMILES string of the molecule is Cc1nn2c(=O)c(=C3C(=O)N(C)c4ccccc43)sc2nc1=O. The molecule has 0 radical (unpaired) electrons. The maximum absolute atomic E-state index is 12.6. The molecule has 1 aliphatic heterocycles. The number of amides is 1. The van der Waals surface area contributed by atoms with Gasteiger partial charge in [-0.1, -0.05) is 29.5 Å². The summed E-state index contributed by atoms with van der Waals surface area (Å²) in [4.78, 5) is 42.4. The summed E-state index contributed by atoms with van der Waals surface area (Å²) in [6, 6.07) is 7.26. The summed E-state index contributed by atoms with van der Waals surface area (Å²) >= 11 is 1.01. The molecule has 114 valence electrons. The topological polar surface area (TPSA) is 84.6 Å². The van der Waals surface area contributed by atoms with E-state index in [9.17, 15) is 14.4 Å². The zero-order valence-electron chi connectivity index (χ0n) is 12.2. The molecule has 1 aromatic carbocycles. The maximum Gasteiger partial charge on any atom is 0.295 e. The van der Waals surface area contributed by atoms with Crippen LogP contribution >= 0.6 is 11.3 Å². The minimum atomic E-state index is -0.474. The van der Waals surface area contributed by atoms with Crippen molar-refractivity contribution in [3.8, 4) is 0 Å². The average Bonchev–Trinajstić information content (AvgIpc) is 2.97. The van der Waals surface area contributed by atoms with E-state index in [1.807, 2.05) is 18.2 Å². The first kappa shape index (κ1) is 13.8. The first-order chi connectivity index (χ1) is 11.0. The van der Waals surface area contributed by atoms with Crippen LogP contribution in [0.5, 0.6) is 0 Å². The van der Waals surface area contributed by atoms with E-state index in [1.165, 1.54) is 11.8 Å². The summed E-state index contributed by atoms with van der Waals surface area (Å²) in [6.45, 7) is 1.50. The molecule has 0 spiro atoms. The Morgan fingerprint density at radius 1 is 1.13 bits per heavy atom. The number of rotatable bonds is 0. The van der Waals surface area contributed by atoms with Gasteiger partial charge in [0, 0.05) is 12.6 Å². The second kappa shape index (κ2) is 4.56. The van der Waals surface area contributed by atoms with Gasteiger partial charge >= 0.3 is 0 Å². The third kappa shape index (κ3) is 1.78. The van der Waals surface area contributed by atoms with Crippen molar-refractivity contribution in [3.63, 3.8) is 0 Å². The van der Waals surface area contributed by atoms with Gasteiger partial charge in [-0.2, -0.15) is 14.6 Å². The zero-order valence-corrected chi connectivity index (χ0v) is 13.0. The Hall–Kier alpha value is -2.87. The van der Waals surface area contributed by atoms with Gasteiger partial charge in [0.15, 0.2) is 0 Å². The highest BCUT2D eigenvalue weighted by molar-refractivity contribution is 7.15. The Balaban J connectivity index is 2.19. The van der Waals surface area contributed by atoms with Gasteiger partial charge in [0.05, 0.1) is 11.3 Å². The fourth-order valence-corrected chi connectivity index (χ4v) is 3.62. The van der Waals surface area contributed by atoms with E-state index < -0.39 is 11.1 Å². The lowest BCUT2D eigenvalue weighted by Gasteiger charge is -2.07. The highest BCUT2D eigenvalue weighted by atomic mass is 32.1. The van der Waals surface area contributed by atoms with Crippen molar-refractivity contribution >= 4 is 33.5 Å². The van der Waals surface area contributed by atoms with Crippen LogP contribution in [0.2, 0.25) is 0 Å². The van der Waals surface area contributed by atoms with E-state index in [1.54, 1.807) is 13.1 Å². The molecule has 7 nitrogen and oxygen atoms in total. The molecular weight excluding hydrogens is 316 g/mol. The summed E-state index contributed by atoms with van der Waals surface area (Å²) < 4.78 is 1.33. The van der Waals surface area contributed by atoms with Crippen molar-refractivity contribution in [1.82, 2.24) is 14.6 Å². The molecule has 8 heteroatoms. The van der Waals surface area contributed by atoms with E-state index in [-0.39, 0.29) is 21.1 Å². The van der Waals surface area contributed by atoms with Gasteiger partial charge in [-0.3, -0.25) is 14.4 Å². The molecule has 1 amide bonds. The van der Waals surface area contributed by atoms with Crippen LogP contribution in [0.3, 0.4) is 0 Å². The number of nitrogens with zero attached hydrogens (tertiary/aromatic N) is 4. The highest BCUT2D eigenvalue weighted by Crippen LogP contribution is 2.33. The van der Waals surface area contributed by atoms with Crippen molar-refractivity contribution in [2.24, 2.45) is 0 Å². The van der Waals surface area contributed by atoms with Crippen LogP contribution in [-0.4, -0.2) is 27.6 Å². The maximum atomic E-state index is 12.6. The Bertz CT molecular complexity index is 1160. The molecule has 2 aromatic heterocycles. The molecule has 0 atom stereocenters. The molecule has 4 rings (SSSR count). The van der Waals surface area contributed by atoms with Crippen LogP contribution in [0.4, 0.5) is 5.69 Å². The van der Waals surface area contributed by atoms with Gasteiger partial charge in [0.1, 0.15) is 10.2 Å². The number of hydrogen-bond acceptors (Lipinski definition) is 6. The quantitative estimate of drug-likeness (QED) is 0.567. The Morgan fingerprint density at radius 3 is 2.65 bits per heavy atom. The minimum Gasteiger partial charge on any atom is -0.311 e. The third-order valence-electron chi connectivity index (χ3n) is 3.80. The lowest BCUT2D eigenvalue weighted by molar-refractivity contribution is -0.112. The van der Waals surface area contributed by atoms with Crippen molar-refractivity contribution < 1.29 is 4.79 Å². The lowest BCUT2D eigenvalue weighted by atomic mass is 10.1. The molecule has 0 aliphatic carbocycles. The van der Waals surface area contributed by atoms with Gasteiger partial charge in [-0.15, -0.1) is 0 Å². The first-order valence-electron chi connectivity index (χ1n) is 6.81. The number of benzene rings is 1. The average molecular weight is 326 g/mol. The van der Waals surface area contributed by atoms with Gasteiger partial charge < -0.3 is 4.90 Å². The molecule has 0 saturated carbocycles. The second-order valence-corrected chi connectivity index (χ2v) is 6.17. The Kier molecular flexibility index (Phi) is 2.73. The molecular formula is C15H10N4O3S. The Morgan fingerprint density at radius 2 is 1.87 bits per heavy atom. The summed E-state index contributed by atoms with van der Waals surface area (Å²) in [5.41, 5.74) is 1.01. The molecule has 0 unspecified atom stereocenters. The minimum absolute atomic E-state index is 0.143. The number of aromatic nitrogens is 3. The van der Waals surface area contributed by atoms with Crippen LogP contribution in [0.1, 0.15) is 11.3 Å². The molecule has 1 aliphatic rings. The number of carbonyl (C=O) groups is 1. The van der Waals surface area contributed by atoms with Crippen molar-refractivity contribution in [1.29, 1.82) is 0 Å². The number of aryl methyl sites for hydroxylation is 1. The second-order valence-electron chi connectivity index (χ2n) is 5.19. The molecule has 0 N–H and O–H groups in total. The van der Waals surface area contributed by atoms with E-state index in [2.05, 4.69) is 10.1 Å². The van der Waals surface area contributed by atoms with Crippen LogP contribution in [0.15, 0.2) is 33.9 Å². The normalized spacial score (nSPS) is 16.3. The molecule has 0 fully saturated rings.